The van der Waals surface area contributed by atoms with E-state index in [9.17, 15) is 4.79 Å². The molecule has 0 saturated carbocycles. The molecule has 5 heteroatoms. The Hall–Kier alpha value is -1.69. The molecular weight excluding hydrogens is 330 g/mol. The Morgan fingerprint density at radius 2 is 1.84 bits per heavy atom. The highest BCUT2D eigenvalue weighted by Crippen LogP contribution is 2.08. The van der Waals surface area contributed by atoms with Gasteiger partial charge in [-0.25, -0.2) is 0 Å². The number of carbonyl (C=O) groups is 1. The van der Waals surface area contributed by atoms with Crippen molar-refractivity contribution in [2.45, 2.75) is 19.9 Å². The lowest BCUT2D eigenvalue weighted by Gasteiger charge is -2.29. The van der Waals surface area contributed by atoms with Gasteiger partial charge >= 0.3 is 0 Å². The highest BCUT2D eigenvalue weighted by atomic mass is 32.1. The van der Waals surface area contributed by atoms with Gasteiger partial charge in [-0.1, -0.05) is 30.3 Å². The molecule has 0 spiro atoms. The summed E-state index contributed by atoms with van der Waals surface area (Å²) in [5.41, 5.74) is 2.84. The highest BCUT2D eigenvalue weighted by Gasteiger charge is 2.24. The van der Waals surface area contributed by atoms with Crippen molar-refractivity contribution in [3.05, 3.63) is 57.8 Å². The van der Waals surface area contributed by atoms with Gasteiger partial charge in [0.15, 0.2) is 6.54 Å². The molecule has 0 radical (unpaired) electrons. The second-order valence-corrected chi connectivity index (χ2v) is 7.99. The van der Waals surface area contributed by atoms with Crippen LogP contribution in [0, 0.1) is 6.92 Å². The van der Waals surface area contributed by atoms with E-state index >= 15 is 0 Å². The van der Waals surface area contributed by atoms with E-state index in [0.717, 1.165) is 45.7 Å². The van der Waals surface area contributed by atoms with Crippen molar-refractivity contribution in [1.82, 2.24) is 5.32 Å². The van der Waals surface area contributed by atoms with Crippen LogP contribution in [0.1, 0.15) is 16.0 Å². The minimum Gasteiger partial charge on any atom is -0.351 e. The summed E-state index contributed by atoms with van der Waals surface area (Å²) in [6.07, 6.45) is 0.938. The summed E-state index contributed by atoms with van der Waals surface area (Å²) >= 11 is 1.75. The fourth-order valence-corrected chi connectivity index (χ4v) is 4.17. The maximum absolute atomic E-state index is 12.1. The summed E-state index contributed by atoms with van der Waals surface area (Å²) < 4.78 is 0. The SMILES string of the molecule is Cc1ccccc1C[NH+]1CC[NH+](CC(=O)NCCc2cccs2)CC1. The molecule has 1 fully saturated rings. The van der Waals surface area contributed by atoms with Crippen LogP contribution in [0.15, 0.2) is 41.8 Å². The van der Waals surface area contributed by atoms with Crippen molar-refractivity contribution in [3.63, 3.8) is 0 Å². The molecule has 0 aliphatic carbocycles. The largest absolute Gasteiger partial charge is 0.351 e. The van der Waals surface area contributed by atoms with Gasteiger partial charge in [-0.05, 0) is 30.4 Å². The Morgan fingerprint density at radius 3 is 2.56 bits per heavy atom. The number of thiophene rings is 1. The molecule has 0 unspecified atom stereocenters. The molecule has 25 heavy (non-hydrogen) atoms. The van der Waals surface area contributed by atoms with E-state index in [1.807, 2.05) is 0 Å². The number of quaternary nitrogens is 2. The predicted molar refractivity (Wildman–Crippen MR) is 102 cm³/mol. The molecule has 4 nitrogen and oxygen atoms in total. The van der Waals surface area contributed by atoms with Gasteiger partial charge in [0.25, 0.3) is 5.91 Å². The molecule has 1 aliphatic rings. The van der Waals surface area contributed by atoms with E-state index in [1.165, 1.54) is 20.9 Å². The molecule has 3 rings (SSSR count). The van der Waals surface area contributed by atoms with Crippen LogP contribution < -0.4 is 15.1 Å². The molecule has 1 aromatic carbocycles. The number of rotatable bonds is 7. The Morgan fingerprint density at radius 1 is 1.08 bits per heavy atom. The molecule has 0 bridgehead atoms. The van der Waals surface area contributed by atoms with Gasteiger partial charge in [-0.2, -0.15) is 0 Å². The van der Waals surface area contributed by atoms with Gasteiger partial charge in [-0.3, -0.25) is 4.79 Å². The maximum Gasteiger partial charge on any atom is 0.275 e. The number of aryl methyl sites for hydroxylation is 1. The minimum absolute atomic E-state index is 0.189. The highest BCUT2D eigenvalue weighted by molar-refractivity contribution is 7.09. The van der Waals surface area contributed by atoms with Crippen LogP contribution in [0.5, 0.6) is 0 Å². The molecule has 1 aromatic heterocycles. The number of benzene rings is 1. The van der Waals surface area contributed by atoms with Crippen LogP contribution in [0.4, 0.5) is 0 Å². The minimum atomic E-state index is 0.189. The average Bonchev–Trinajstić information content (AvgIpc) is 3.12. The van der Waals surface area contributed by atoms with Gasteiger partial charge in [0.1, 0.15) is 32.7 Å². The van der Waals surface area contributed by atoms with Crippen LogP contribution in [-0.2, 0) is 17.8 Å². The smallest absolute Gasteiger partial charge is 0.275 e. The first-order valence-corrected chi connectivity index (χ1v) is 10.1. The van der Waals surface area contributed by atoms with E-state index in [0.29, 0.717) is 6.54 Å². The van der Waals surface area contributed by atoms with E-state index < -0.39 is 0 Å². The number of carbonyl (C=O) groups excluding carboxylic acids is 1. The molecule has 2 aromatic rings. The Bertz CT molecular complexity index is 663. The van der Waals surface area contributed by atoms with Crippen LogP contribution in [-0.4, -0.2) is 45.2 Å². The van der Waals surface area contributed by atoms with Gasteiger partial charge in [-0.15, -0.1) is 11.3 Å². The molecular formula is C20H29N3OS+2. The van der Waals surface area contributed by atoms with Gasteiger partial charge in [0.2, 0.25) is 0 Å². The third kappa shape index (κ3) is 5.66. The summed E-state index contributed by atoms with van der Waals surface area (Å²) in [4.78, 5) is 16.5. The van der Waals surface area contributed by atoms with Crippen LogP contribution in [0.2, 0.25) is 0 Å². The van der Waals surface area contributed by atoms with E-state index in [1.54, 1.807) is 16.2 Å². The van der Waals surface area contributed by atoms with Crippen molar-refractivity contribution < 1.29 is 14.6 Å². The Balaban J connectivity index is 1.34. The lowest BCUT2D eigenvalue weighted by Crippen LogP contribution is -3.28. The monoisotopic (exact) mass is 359 g/mol. The lowest BCUT2D eigenvalue weighted by atomic mass is 10.1. The standard InChI is InChI=1S/C20H27N3OS/c1-17-5-2-3-6-18(17)15-22-10-12-23(13-11-22)16-20(24)21-9-8-19-7-4-14-25-19/h2-7,14H,8-13,15-16H2,1H3,(H,21,24)/p+2. The van der Waals surface area contributed by atoms with Crippen molar-refractivity contribution in [2.75, 3.05) is 39.3 Å². The third-order valence-corrected chi connectivity index (χ3v) is 5.99. The zero-order valence-electron chi connectivity index (χ0n) is 15.0. The summed E-state index contributed by atoms with van der Waals surface area (Å²) in [5.74, 6) is 0.189. The second-order valence-electron chi connectivity index (χ2n) is 6.96. The van der Waals surface area contributed by atoms with Crippen molar-refractivity contribution in [2.24, 2.45) is 0 Å². The number of hydrogen-bond acceptors (Lipinski definition) is 2. The number of hydrogen-bond donors (Lipinski definition) is 3. The fraction of sp³-hybridized carbons (Fsp3) is 0.450. The van der Waals surface area contributed by atoms with Crippen LogP contribution >= 0.6 is 11.3 Å². The first-order valence-electron chi connectivity index (χ1n) is 9.21. The number of nitrogens with one attached hydrogen (secondary N) is 3. The van der Waals surface area contributed by atoms with Crippen LogP contribution in [0.3, 0.4) is 0 Å². The van der Waals surface area contributed by atoms with Gasteiger partial charge < -0.3 is 15.1 Å². The summed E-state index contributed by atoms with van der Waals surface area (Å²) in [6.45, 7) is 9.11. The lowest BCUT2D eigenvalue weighted by molar-refractivity contribution is -1.02. The first-order chi connectivity index (χ1) is 12.2. The Labute approximate surface area is 154 Å². The van der Waals surface area contributed by atoms with Gasteiger partial charge in [0.05, 0.1) is 0 Å². The maximum atomic E-state index is 12.1. The van der Waals surface area contributed by atoms with E-state index in [4.69, 9.17) is 0 Å². The van der Waals surface area contributed by atoms with E-state index in [-0.39, 0.29) is 5.91 Å². The van der Waals surface area contributed by atoms with E-state index in [2.05, 4.69) is 54.0 Å². The molecule has 2 heterocycles. The quantitative estimate of drug-likeness (QED) is 0.624. The molecule has 1 amide bonds. The number of piperazine rings is 1. The third-order valence-electron chi connectivity index (χ3n) is 5.05. The summed E-state index contributed by atoms with van der Waals surface area (Å²) in [7, 11) is 0. The average molecular weight is 360 g/mol. The zero-order valence-corrected chi connectivity index (χ0v) is 15.8. The van der Waals surface area contributed by atoms with Crippen molar-refractivity contribution >= 4 is 17.2 Å². The van der Waals surface area contributed by atoms with Crippen molar-refractivity contribution in [1.29, 1.82) is 0 Å². The first kappa shape index (κ1) is 18.1. The molecule has 134 valence electrons. The molecule has 1 aliphatic heterocycles. The van der Waals surface area contributed by atoms with Crippen molar-refractivity contribution in [3.8, 4) is 0 Å². The molecule has 0 atom stereocenters. The fourth-order valence-electron chi connectivity index (χ4n) is 3.46. The Kier molecular flexibility index (Phi) is 6.62. The summed E-state index contributed by atoms with van der Waals surface area (Å²) in [6, 6.07) is 12.8. The number of amides is 1. The topological polar surface area (TPSA) is 38.0 Å². The molecule has 1 saturated heterocycles. The zero-order chi connectivity index (χ0) is 17.5. The normalized spacial score (nSPS) is 20.4. The summed E-state index contributed by atoms with van der Waals surface area (Å²) in [5, 5.41) is 5.15. The van der Waals surface area contributed by atoms with Gasteiger partial charge in [0, 0.05) is 17.0 Å². The van der Waals surface area contributed by atoms with Crippen LogP contribution in [0.25, 0.3) is 0 Å². The predicted octanol–water partition coefficient (Wildman–Crippen LogP) is -0.301. The molecule has 3 N–H and O–H groups in total. The second kappa shape index (κ2) is 9.13.